The molecule has 156 valence electrons. The maximum atomic E-state index is 13.3. The first-order chi connectivity index (χ1) is 13.8. The Morgan fingerprint density at radius 2 is 1.83 bits per heavy atom. The molecule has 8 nitrogen and oxygen atoms in total. The quantitative estimate of drug-likeness (QED) is 0.512. The van der Waals surface area contributed by atoms with Crippen molar-refractivity contribution in [2.75, 3.05) is 6.61 Å². The molecule has 0 radical (unpaired) electrons. The monoisotopic (exact) mass is 401 g/mol. The molecule has 0 aliphatic carbocycles. The summed E-state index contributed by atoms with van der Waals surface area (Å²) in [7, 11) is 0. The molecule has 0 spiro atoms. The largest absolute Gasteiger partial charge is 0.449 e. The number of hydrogen-bond acceptors (Lipinski definition) is 6. The molecule has 1 fully saturated rings. The minimum Gasteiger partial charge on any atom is -0.449 e. The molecule has 1 aromatic rings. The lowest BCUT2D eigenvalue weighted by Crippen LogP contribution is -2.62. The van der Waals surface area contributed by atoms with Crippen LogP contribution in [0.1, 0.15) is 67.2 Å². The molecule has 2 aliphatic rings. The minimum atomic E-state index is -0.786. The van der Waals surface area contributed by atoms with Gasteiger partial charge in [-0.1, -0.05) is 52.2 Å². The highest BCUT2D eigenvalue weighted by atomic mass is 16.6. The smallest absolute Gasteiger partial charge is 0.407 e. The number of unbranched alkanes of at least 4 members (excludes halogenated alkanes) is 2. The number of imide groups is 1. The summed E-state index contributed by atoms with van der Waals surface area (Å²) >= 11 is 0. The van der Waals surface area contributed by atoms with Gasteiger partial charge in [-0.05, 0) is 18.6 Å². The van der Waals surface area contributed by atoms with Crippen molar-refractivity contribution in [2.45, 2.75) is 58.5 Å². The summed E-state index contributed by atoms with van der Waals surface area (Å²) in [6, 6.07) is 5.00. The lowest BCUT2D eigenvalue weighted by atomic mass is 9.79. The normalized spacial score (nSPS) is 21.4. The number of carbonyl (C=O) groups is 4. The van der Waals surface area contributed by atoms with E-state index in [1.807, 2.05) is 13.8 Å². The van der Waals surface area contributed by atoms with Crippen LogP contribution in [-0.2, 0) is 9.53 Å². The van der Waals surface area contributed by atoms with Gasteiger partial charge in [0.1, 0.15) is 12.6 Å². The Morgan fingerprint density at radius 1 is 1.21 bits per heavy atom. The fourth-order valence-corrected chi connectivity index (χ4v) is 3.68. The molecule has 8 heteroatoms. The average Bonchev–Trinajstić information content (AvgIpc) is 2.93. The van der Waals surface area contributed by atoms with Crippen molar-refractivity contribution in [3.05, 3.63) is 35.4 Å². The SMILES string of the molecule is CCCCC[C@H](NN1C(=O)c2ccccc2C1=O)C(=O)[C@H]1NC(=O)OCC1(C)C. The van der Waals surface area contributed by atoms with Crippen LogP contribution in [0.3, 0.4) is 0 Å². The molecular formula is C21H27N3O5. The highest BCUT2D eigenvalue weighted by Crippen LogP contribution is 2.28. The number of fused-ring (bicyclic) bond motifs is 1. The van der Waals surface area contributed by atoms with Gasteiger partial charge in [0.15, 0.2) is 5.78 Å². The van der Waals surface area contributed by atoms with E-state index in [-0.39, 0.29) is 12.4 Å². The number of hydrogen-bond donors (Lipinski definition) is 2. The van der Waals surface area contributed by atoms with Crippen LogP contribution in [0.15, 0.2) is 24.3 Å². The van der Waals surface area contributed by atoms with E-state index >= 15 is 0 Å². The Labute approximate surface area is 169 Å². The van der Waals surface area contributed by atoms with Crippen LogP contribution in [0.5, 0.6) is 0 Å². The maximum absolute atomic E-state index is 13.3. The molecule has 2 aliphatic heterocycles. The number of ether oxygens (including phenoxy) is 1. The van der Waals surface area contributed by atoms with Crippen molar-refractivity contribution in [3.8, 4) is 0 Å². The van der Waals surface area contributed by atoms with E-state index in [1.165, 1.54) is 0 Å². The number of alkyl carbamates (subject to hydrolysis) is 1. The molecule has 0 saturated carbocycles. The zero-order valence-corrected chi connectivity index (χ0v) is 17.0. The fourth-order valence-electron chi connectivity index (χ4n) is 3.68. The van der Waals surface area contributed by atoms with Gasteiger partial charge in [0.25, 0.3) is 11.8 Å². The number of amides is 3. The standard InChI is InChI=1S/C21H27N3O5/c1-4-5-6-11-15(16(25)17-21(2,3)12-29-20(28)22-17)23-24-18(26)13-9-7-8-10-14(13)19(24)27/h7-10,15,17,23H,4-6,11-12H2,1-3H3,(H,22,28)/t15-,17+/m0/s1. The number of Topliss-reactive ketones (excluding diaryl/α,β-unsaturated/α-hetero) is 1. The number of benzene rings is 1. The number of cyclic esters (lactones) is 1. The van der Waals surface area contributed by atoms with E-state index in [2.05, 4.69) is 17.7 Å². The number of ketones is 1. The summed E-state index contributed by atoms with van der Waals surface area (Å²) in [6.07, 6.45) is 2.44. The Morgan fingerprint density at radius 3 is 2.41 bits per heavy atom. The van der Waals surface area contributed by atoms with Crippen molar-refractivity contribution in [1.82, 2.24) is 15.8 Å². The van der Waals surface area contributed by atoms with Crippen LogP contribution in [-0.4, -0.2) is 47.4 Å². The Hall–Kier alpha value is -2.74. The minimum absolute atomic E-state index is 0.115. The first-order valence-corrected chi connectivity index (χ1v) is 9.97. The summed E-state index contributed by atoms with van der Waals surface area (Å²) < 4.78 is 5.02. The number of hydrazine groups is 1. The second-order valence-electron chi connectivity index (χ2n) is 8.21. The van der Waals surface area contributed by atoms with Gasteiger partial charge in [0, 0.05) is 5.41 Å². The van der Waals surface area contributed by atoms with Crippen molar-refractivity contribution >= 4 is 23.7 Å². The van der Waals surface area contributed by atoms with Crippen molar-refractivity contribution in [3.63, 3.8) is 0 Å². The lowest BCUT2D eigenvalue weighted by molar-refractivity contribution is -0.129. The Bertz CT molecular complexity index is 800. The molecule has 1 saturated heterocycles. The van der Waals surface area contributed by atoms with E-state index in [9.17, 15) is 19.2 Å². The van der Waals surface area contributed by atoms with E-state index < -0.39 is 35.4 Å². The van der Waals surface area contributed by atoms with Gasteiger partial charge in [-0.25, -0.2) is 15.2 Å². The molecule has 29 heavy (non-hydrogen) atoms. The summed E-state index contributed by atoms with van der Waals surface area (Å²) in [4.78, 5) is 50.5. The molecule has 0 unspecified atom stereocenters. The van der Waals surface area contributed by atoms with Crippen LogP contribution < -0.4 is 10.7 Å². The molecule has 2 N–H and O–H groups in total. The number of carbonyl (C=O) groups excluding carboxylic acids is 4. The van der Waals surface area contributed by atoms with Crippen LogP contribution in [0.2, 0.25) is 0 Å². The topological polar surface area (TPSA) is 105 Å². The summed E-state index contributed by atoms with van der Waals surface area (Å²) in [5.74, 6) is -1.22. The third-order valence-corrected chi connectivity index (χ3v) is 5.42. The van der Waals surface area contributed by atoms with Gasteiger partial charge in [0.05, 0.1) is 17.2 Å². The maximum Gasteiger partial charge on any atom is 0.407 e. The predicted octanol–water partition coefficient (Wildman–Crippen LogP) is 2.44. The van der Waals surface area contributed by atoms with Gasteiger partial charge >= 0.3 is 6.09 Å². The molecular weight excluding hydrogens is 374 g/mol. The summed E-state index contributed by atoms with van der Waals surface area (Å²) in [5, 5.41) is 3.53. The molecule has 3 rings (SSSR count). The first kappa shape index (κ1) is 21.0. The fraction of sp³-hybridized carbons (Fsp3) is 0.524. The highest BCUT2D eigenvalue weighted by molar-refractivity contribution is 6.21. The van der Waals surface area contributed by atoms with Gasteiger partial charge in [-0.3, -0.25) is 14.4 Å². The van der Waals surface area contributed by atoms with Crippen molar-refractivity contribution in [2.24, 2.45) is 5.41 Å². The van der Waals surface area contributed by atoms with Crippen LogP contribution in [0.25, 0.3) is 0 Å². The summed E-state index contributed by atoms with van der Waals surface area (Å²) in [5.41, 5.74) is 2.87. The molecule has 2 heterocycles. The summed E-state index contributed by atoms with van der Waals surface area (Å²) in [6.45, 7) is 5.83. The van der Waals surface area contributed by atoms with Gasteiger partial charge in [0.2, 0.25) is 0 Å². The van der Waals surface area contributed by atoms with Crippen molar-refractivity contribution in [1.29, 1.82) is 0 Å². The number of rotatable bonds is 8. The van der Waals surface area contributed by atoms with Crippen LogP contribution in [0.4, 0.5) is 4.79 Å². The molecule has 3 amide bonds. The molecule has 1 aromatic carbocycles. The molecule has 0 bridgehead atoms. The van der Waals surface area contributed by atoms with E-state index in [0.717, 1.165) is 24.3 Å². The molecule has 2 atom stereocenters. The Balaban J connectivity index is 1.82. The van der Waals surface area contributed by atoms with E-state index in [0.29, 0.717) is 17.5 Å². The van der Waals surface area contributed by atoms with Gasteiger partial charge < -0.3 is 10.1 Å². The van der Waals surface area contributed by atoms with Crippen LogP contribution in [0, 0.1) is 5.41 Å². The Kier molecular flexibility index (Phi) is 6.02. The predicted molar refractivity (Wildman–Crippen MR) is 105 cm³/mol. The zero-order chi connectivity index (χ0) is 21.2. The molecule has 0 aromatic heterocycles. The van der Waals surface area contributed by atoms with Gasteiger partial charge in [-0.2, -0.15) is 0 Å². The average molecular weight is 401 g/mol. The van der Waals surface area contributed by atoms with E-state index in [1.54, 1.807) is 24.3 Å². The number of nitrogens with one attached hydrogen (secondary N) is 2. The second kappa shape index (κ2) is 8.32. The third-order valence-electron chi connectivity index (χ3n) is 5.42. The highest BCUT2D eigenvalue weighted by Gasteiger charge is 2.45. The first-order valence-electron chi connectivity index (χ1n) is 9.97. The zero-order valence-electron chi connectivity index (χ0n) is 17.0. The van der Waals surface area contributed by atoms with Crippen molar-refractivity contribution < 1.29 is 23.9 Å². The second-order valence-corrected chi connectivity index (χ2v) is 8.21. The van der Waals surface area contributed by atoms with Crippen LogP contribution >= 0.6 is 0 Å². The van der Waals surface area contributed by atoms with Gasteiger partial charge in [-0.15, -0.1) is 0 Å². The lowest BCUT2D eigenvalue weighted by Gasteiger charge is -2.39. The number of nitrogens with zero attached hydrogens (tertiary/aromatic N) is 1. The third kappa shape index (κ3) is 4.17. The van der Waals surface area contributed by atoms with E-state index in [4.69, 9.17) is 4.74 Å².